The summed E-state index contributed by atoms with van der Waals surface area (Å²) in [6.45, 7) is 0. The molecule has 54 heavy (non-hydrogen) atoms. The molecule has 3 heteroatoms. The quantitative estimate of drug-likeness (QED) is 0.163. The maximum absolute atomic E-state index is 5.37. The number of aromatic nitrogens is 3. The summed E-state index contributed by atoms with van der Waals surface area (Å²) in [5.41, 5.74) is 14.8. The monoisotopic (exact) mass is 687 g/mol. The Bertz CT molecular complexity index is 2900. The van der Waals surface area contributed by atoms with Gasteiger partial charge in [0.15, 0.2) is 5.82 Å². The number of pyridine rings is 1. The van der Waals surface area contributed by atoms with E-state index in [0.29, 0.717) is 5.82 Å². The zero-order valence-electron chi connectivity index (χ0n) is 29.4. The Morgan fingerprint density at radius 1 is 0.241 bits per heavy atom. The Balaban J connectivity index is 1.24. The van der Waals surface area contributed by atoms with E-state index in [1.165, 1.54) is 11.1 Å². The lowest BCUT2D eigenvalue weighted by atomic mass is 9.91. The van der Waals surface area contributed by atoms with Crippen molar-refractivity contribution in [1.29, 1.82) is 0 Å². The number of hydrogen-bond acceptors (Lipinski definition) is 3. The van der Waals surface area contributed by atoms with Crippen LogP contribution in [0, 0.1) is 0 Å². The molecular formula is C51H33N3. The zero-order valence-corrected chi connectivity index (χ0v) is 29.4. The average Bonchev–Trinajstić information content (AvgIpc) is 3.25. The molecule has 0 radical (unpaired) electrons. The standard InChI is InChI=1S/C51H33N3/c1-4-14-34(15-5-1)36-24-26-37(27-25-36)40-30-41(49-43-20-10-12-22-46(43)52-47-23-13-11-21-44(47)49)32-42(31-40)51-53-48-33-39(35-16-6-2-7-17-35)28-29-45(48)50(54-51)38-18-8-3-9-19-38/h1-33H. The van der Waals surface area contributed by atoms with Gasteiger partial charge in [0, 0.05) is 32.8 Å². The van der Waals surface area contributed by atoms with Crippen LogP contribution in [-0.2, 0) is 0 Å². The van der Waals surface area contributed by atoms with Crippen molar-refractivity contribution < 1.29 is 0 Å². The number of benzene rings is 8. The van der Waals surface area contributed by atoms with Crippen molar-refractivity contribution in [2.24, 2.45) is 0 Å². The molecule has 2 aromatic heterocycles. The molecule has 0 unspecified atom stereocenters. The number of para-hydroxylation sites is 2. The zero-order chi connectivity index (χ0) is 35.8. The van der Waals surface area contributed by atoms with Gasteiger partial charge in [-0.15, -0.1) is 0 Å². The Morgan fingerprint density at radius 3 is 1.33 bits per heavy atom. The van der Waals surface area contributed by atoms with Gasteiger partial charge in [-0.1, -0.05) is 158 Å². The maximum Gasteiger partial charge on any atom is 0.160 e. The highest BCUT2D eigenvalue weighted by Crippen LogP contribution is 2.40. The summed E-state index contributed by atoms with van der Waals surface area (Å²) in [7, 11) is 0. The third-order valence-corrected chi connectivity index (χ3v) is 10.2. The molecule has 0 amide bonds. The van der Waals surface area contributed by atoms with E-state index in [0.717, 1.165) is 82.9 Å². The smallest absolute Gasteiger partial charge is 0.160 e. The molecule has 10 aromatic rings. The SMILES string of the molecule is c1ccc(-c2ccc(-c3cc(-c4nc(-c5ccccc5)c5ccc(-c6ccccc6)cc5n4)cc(-c4c5ccccc5nc5ccccc45)c3)cc2)cc1. The molecule has 0 saturated heterocycles. The van der Waals surface area contributed by atoms with E-state index in [4.69, 9.17) is 15.0 Å². The predicted molar refractivity (Wildman–Crippen MR) is 225 cm³/mol. The second kappa shape index (κ2) is 13.4. The van der Waals surface area contributed by atoms with Gasteiger partial charge in [0.1, 0.15) is 0 Å². The second-order valence-electron chi connectivity index (χ2n) is 13.6. The van der Waals surface area contributed by atoms with Gasteiger partial charge in [-0.25, -0.2) is 15.0 Å². The van der Waals surface area contributed by atoms with E-state index in [1.54, 1.807) is 0 Å². The average molecular weight is 688 g/mol. The van der Waals surface area contributed by atoms with E-state index in [-0.39, 0.29) is 0 Å². The maximum atomic E-state index is 5.37. The van der Waals surface area contributed by atoms with Crippen LogP contribution in [0.4, 0.5) is 0 Å². The number of fused-ring (bicyclic) bond motifs is 3. The highest BCUT2D eigenvalue weighted by molar-refractivity contribution is 6.10. The van der Waals surface area contributed by atoms with Crippen LogP contribution in [0.25, 0.3) is 99.9 Å². The van der Waals surface area contributed by atoms with E-state index < -0.39 is 0 Å². The fraction of sp³-hybridized carbons (Fsp3) is 0. The molecule has 0 atom stereocenters. The van der Waals surface area contributed by atoms with Crippen molar-refractivity contribution in [2.45, 2.75) is 0 Å². The van der Waals surface area contributed by atoms with Crippen molar-refractivity contribution in [3.63, 3.8) is 0 Å². The van der Waals surface area contributed by atoms with Gasteiger partial charge in [-0.2, -0.15) is 0 Å². The van der Waals surface area contributed by atoms with Crippen LogP contribution in [0.1, 0.15) is 0 Å². The van der Waals surface area contributed by atoms with Gasteiger partial charge >= 0.3 is 0 Å². The number of nitrogens with zero attached hydrogens (tertiary/aromatic N) is 3. The fourth-order valence-electron chi connectivity index (χ4n) is 7.59. The summed E-state index contributed by atoms with van der Waals surface area (Å²) in [6, 6.07) is 70.5. The van der Waals surface area contributed by atoms with Gasteiger partial charge in [0.05, 0.1) is 22.2 Å². The van der Waals surface area contributed by atoms with Crippen LogP contribution < -0.4 is 0 Å². The third kappa shape index (κ3) is 5.78. The molecule has 0 aliphatic rings. The lowest BCUT2D eigenvalue weighted by Crippen LogP contribution is -1.97. The largest absolute Gasteiger partial charge is 0.248 e. The number of rotatable bonds is 6. The van der Waals surface area contributed by atoms with Crippen molar-refractivity contribution in [3.8, 4) is 67.2 Å². The van der Waals surface area contributed by atoms with Gasteiger partial charge in [0.25, 0.3) is 0 Å². The molecule has 0 fully saturated rings. The van der Waals surface area contributed by atoms with Crippen molar-refractivity contribution in [1.82, 2.24) is 15.0 Å². The van der Waals surface area contributed by atoms with Gasteiger partial charge in [0.2, 0.25) is 0 Å². The summed E-state index contributed by atoms with van der Waals surface area (Å²) in [5, 5.41) is 3.23. The van der Waals surface area contributed by atoms with E-state index in [9.17, 15) is 0 Å². The highest BCUT2D eigenvalue weighted by Gasteiger charge is 2.18. The van der Waals surface area contributed by atoms with E-state index in [2.05, 4.69) is 188 Å². The highest BCUT2D eigenvalue weighted by atomic mass is 14.9. The van der Waals surface area contributed by atoms with Crippen LogP contribution in [0.2, 0.25) is 0 Å². The van der Waals surface area contributed by atoms with E-state index in [1.807, 2.05) is 12.1 Å². The number of hydrogen-bond donors (Lipinski definition) is 0. The molecule has 8 aromatic carbocycles. The minimum atomic E-state index is 0.679. The lowest BCUT2D eigenvalue weighted by molar-refractivity contribution is 1.23. The first-order chi connectivity index (χ1) is 26.7. The lowest BCUT2D eigenvalue weighted by Gasteiger charge is -2.16. The van der Waals surface area contributed by atoms with Crippen LogP contribution >= 0.6 is 0 Å². The molecule has 0 bridgehead atoms. The summed E-state index contributed by atoms with van der Waals surface area (Å²) in [5.74, 6) is 0.679. The summed E-state index contributed by atoms with van der Waals surface area (Å²) >= 11 is 0. The Hall–Kier alpha value is -7.23. The summed E-state index contributed by atoms with van der Waals surface area (Å²) in [4.78, 5) is 15.8. The predicted octanol–water partition coefficient (Wildman–Crippen LogP) is 13.3. The molecule has 3 nitrogen and oxygen atoms in total. The first kappa shape index (κ1) is 31.5. The minimum absolute atomic E-state index is 0.679. The van der Waals surface area contributed by atoms with E-state index >= 15 is 0 Å². The molecular weight excluding hydrogens is 655 g/mol. The Kier molecular flexibility index (Phi) is 7.81. The molecule has 252 valence electrons. The van der Waals surface area contributed by atoms with Crippen molar-refractivity contribution in [3.05, 3.63) is 200 Å². The topological polar surface area (TPSA) is 38.7 Å². The molecule has 0 aliphatic heterocycles. The normalized spacial score (nSPS) is 11.3. The molecule has 10 rings (SSSR count). The first-order valence-electron chi connectivity index (χ1n) is 18.3. The minimum Gasteiger partial charge on any atom is -0.248 e. The van der Waals surface area contributed by atoms with Gasteiger partial charge < -0.3 is 0 Å². The van der Waals surface area contributed by atoms with Crippen LogP contribution in [0.3, 0.4) is 0 Å². The molecule has 0 saturated carbocycles. The Labute approximate surface area is 313 Å². The van der Waals surface area contributed by atoms with Crippen molar-refractivity contribution in [2.75, 3.05) is 0 Å². The summed E-state index contributed by atoms with van der Waals surface area (Å²) in [6.07, 6.45) is 0. The van der Waals surface area contributed by atoms with Crippen LogP contribution in [-0.4, -0.2) is 15.0 Å². The molecule has 2 heterocycles. The van der Waals surface area contributed by atoms with Crippen LogP contribution in [0.15, 0.2) is 200 Å². The third-order valence-electron chi connectivity index (χ3n) is 10.2. The van der Waals surface area contributed by atoms with Crippen molar-refractivity contribution >= 4 is 32.7 Å². The second-order valence-corrected chi connectivity index (χ2v) is 13.6. The molecule has 0 aliphatic carbocycles. The first-order valence-corrected chi connectivity index (χ1v) is 18.3. The van der Waals surface area contributed by atoms with Gasteiger partial charge in [-0.3, -0.25) is 0 Å². The molecule has 0 N–H and O–H groups in total. The summed E-state index contributed by atoms with van der Waals surface area (Å²) < 4.78 is 0. The fourth-order valence-corrected chi connectivity index (χ4v) is 7.59. The Morgan fingerprint density at radius 2 is 0.704 bits per heavy atom. The van der Waals surface area contributed by atoms with Gasteiger partial charge in [-0.05, 0) is 81.4 Å². The molecule has 0 spiro atoms. The van der Waals surface area contributed by atoms with Crippen LogP contribution in [0.5, 0.6) is 0 Å².